The molecular formula is C19H23N5OS. The lowest BCUT2D eigenvalue weighted by atomic mass is 10.1. The number of hydrogen-bond donors (Lipinski definition) is 3. The van der Waals surface area contributed by atoms with Crippen molar-refractivity contribution >= 4 is 22.9 Å². The van der Waals surface area contributed by atoms with Gasteiger partial charge in [-0.2, -0.15) is 5.10 Å². The predicted molar refractivity (Wildman–Crippen MR) is 105 cm³/mol. The van der Waals surface area contributed by atoms with E-state index in [0.717, 1.165) is 35.4 Å². The molecule has 0 aliphatic heterocycles. The number of H-pyrrole nitrogens is 1. The largest absolute Gasteiger partial charge is 0.324 e. The van der Waals surface area contributed by atoms with E-state index in [1.807, 2.05) is 30.3 Å². The second kappa shape index (κ2) is 8.25. The molecular weight excluding hydrogens is 346 g/mol. The fourth-order valence-electron chi connectivity index (χ4n) is 2.73. The Labute approximate surface area is 156 Å². The smallest absolute Gasteiger partial charge is 0.265 e. The van der Waals surface area contributed by atoms with Gasteiger partial charge in [-0.25, -0.2) is 4.98 Å². The Kier molecular flexibility index (Phi) is 5.80. The van der Waals surface area contributed by atoms with E-state index in [-0.39, 0.29) is 5.91 Å². The lowest BCUT2D eigenvalue weighted by molar-refractivity contribution is 0.103. The minimum Gasteiger partial charge on any atom is -0.324 e. The lowest BCUT2D eigenvalue weighted by Crippen LogP contribution is -2.09. The van der Waals surface area contributed by atoms with Crippen molar-refractivity contribution in [3.63, 3.8) is 0 Å². The molecule has 6 nitrogen and oxygen atoms in total. The van der Waals surface area contributed by atoms with Crippen molar-refractivity contribution in [1.29, 1.82) is 0 Å². The number of nitrogens with two attached hydrogens (primary N) is 1. The van der Waals surface area contributed by atoms with Gasteiger partial charge in [0, 0.05) is 16.1 Å². The van der Waals surface area contributed by atoms with E-state index in [9.17, 15) is 4.79 Å². The van der Waals surface area contributed by atoms with Crippen LogP contribution in [-0.2, 0) is 19.4 Å². The molecule has 0 unspecified atom stereocenters. The Hall–Kier alpha value is -2.51. The third-order valence-corrected chi connectivity index (χ3v) is 5.34. The third-order valence-electron chi connectivity index (χ3n) is 4.10. The zero-order valence-electron chi connectivity index (χ0n) is 15.0. The molecule has 0 spiro atoms. The van der Waals surface area contributed by atoms with Gasteiger partial charge in [0.05, 0.1) is 11.4 Å². The molecule has 0 aliphatic rings. The predicted octanol–water partition coefficient (Wildman–Crippen LogP) is 3.76. The number of aryl methyl sites for hydroxylation is 2. The van der Waals surface area contributed by atoms with Crippen LogP contribution >= 0.6 is 11.3 Å². The number of amides is 1. The van der Waals surface area contributed by atoms with Crippen LogP contribution in [0.4, 0.5) is 5.69 Å². The van der Waals surface area contributed by atoms with Crippen molar-refractivity contribution in [3.8, 4) is 11.4 Å². The van der Waals surface area contributed by atoms with Crippen LogP contribution in [0.5, 0.6) is 0 Å². The van der Waals surface area contributed by atoms with Gasteiger partial charge in [-0.1, -0.05) is 20.3 Å². The summed E-state index contributed by atoms with van der Waals surface area (Å²) in [6, 6.07) is 9.49. The first-order chi connectivity index (χ1) is 12.6. The van der Waals surface area contributed by atoms with Crippen LogP contribution in [0.3, 0.4) is 0 Å². The average Bonchev–Trinajstić information content (AvgIpc) is 3.29. The number of thiophene rings is 1. The molecule has 1 aromatic carbocycles. The minimum absolute atomic E-state index is 0.0666. The van der Waals surface area contributed by atoms with Crippen LogP contribution in [-0.4, -0.2) is 21.1 Å². The van der Waals surface area contributed by atoms with E-state index in [1.165, 1.54) is 10.4 Å². The molecule has 0 atom stereocenters. The third kappa shape index (κ3) is 4.00. The molecule has 26 heavy (non-hydrogen) atoms. The SMILES string of the molecule is CCCc1sc(C(=O)Nc2ccc(-c3n[nH]c(CN)n3)cc2)cc1CC. The number of nitrogens with zero attached hydrogens (tertiary/aromatic N) is 2. The number of carbonyl (C=O) groups excluding carboxylic acids is 1. The van der Waals surface area contributed by atoms with Crippen LogP contribution in [0.25, 0.3) is 11.4 Å². The number of hydrogen-bond acceptors (Lipinski definition) is 5. The molecule has 136 valence electrons. The molecule has 3 rings (SSSR count). The number of benzene rings is 1. The molecule has 0 radical (unpaired) electrons. The minimum atomic E-state index is -0.0666. The van der Waals surface area contributed by atoms with Gasteiger partial charge >= 0.3 is 0 Å². The van der Waals surface area contributed by atoms with Crippen LogP contribution in [0.15, 0.2) is 30.3 Å². The second-order valence-corrected chi connectivity index (χ2v) is 7.14. The molecule has 0 aliphatic carbocycles. The molecule has 2 heterocycles. The van der Waals surface area contributed by atoms with Gasteiger partial charge in [0.15, 0.2) is 5.82 Å². The van der Waals surface area contributed by atoms with Crippen molar-refractivity contribution in [2.24, 2.45) is 5.73 Å². The Balaban J connectivity index is 1.71. The van der Waals surface area contributed by atoms with Crippen molar-refractivity contribution in [2.75, 3.05) is 5.32 Å². The van der Waals surface area contributed by atoms with E-state index < -0.39 is 0 Å². The maximum Gasteiger partial charge on any atom is 0.265 e. The molecule has 7 heteroatoms. The molecule has 0 fully saturated rings. The van der Waals surface area contributed by atoms with Crippen molar-refractivity contribution in [3.05, 3.63) is 51.5 Å². The number of aromatic nitrogens is 3. The fraction of sp³-hybridized carbons (Fsp3) is 0.316. The monoisotopic (exact) mass is 369 g/mol. The second-order valence-electron chi connectivity index (χ2n) is 6.00. The zero-order valence-corrected chi connectivity index (χ0v) is 15.8. The van der Waals surface area contributed by atoms with E-state index >= 15 is 0 Å². The summed E-state index contributed by atoms with van der Waals surface area (Å²) in [5.41, 5.74) is 8.43. The summed E-state index contributed by atoms with van der Waals surface area (Å²) in [6.45, 7) is 4.60. The molecule has 0 saturated carbocycles. The van der Waals surface area contributed by atoms with E-state index in [2.05, 4.69) is 34.3 Å². The van der Waals surface area contributed by atoms with Crippen molar-refractivity contribution in [2.45, 2.75) is 39.7 Å². The summed E-state index contributed by atoms with van der Waals surface area (Å²) in [6.07, 6.45) is 3.07. The molecule has 3 aromatic rings. The lowest BCUT2D eigenvalue weighted by Gasteiger charge is -2.04. The molecule has 2 aromatic heterocycles. The van der Waals surface area contributed by atoms with Gasteiger partial charge in [0.25, 0.3) is 5.91 Å². The highest BCUT2D eigenvalue weighted by atomic mass is 32.1. The Bertz CT molecular complexity index is 882. The number of aromatic amines is 1. The van der Waals surface area contributed by atoms with Crippen molar-refractivity contribution < 1.29 is 4.79 Å². The topological polar surface area (TPSA) is 96.7 Å². The van der Waals surface area contributed by atoms with Crippen LogP contribution in [0, 0.1) is 0 Å². The summed E-state index contributed by atoms with van der Waals surface area (Å²) in [7, 11) is 0. The van der Waals surface area contributed by atoms with E-state index in [4.69, 9.17) is 5.73 Å². The van der Waals surface area contributed by atoms with Gasteiger partial charge < -0.3 is 11.1 Å². The summed E-state index contributed by atoms with van der Waals surface area (Å²) in [5.74, 6) is 1.17. The number of carbonyl (C=O) groups is 1. The van der Waals surface area contributed by atoms with Gasteiger partial charge in [-0.05, 0) is 48.7 Å². The van der Waals surface area contributed by atoms with Crippen LogP contribution in [0.2, 0.25) is 0 Å². The van der Waals surface area contributed by atoms with Gasteiger partial charge in [0.1, 0.15) is 5.82 Å². The first-order valence-electron chi connectivity index (χ1n) is 8.79. The quantitative estimate of drug-likeness (QED) is 0.591. The van der Waals surface area contributed by atoms with Crippen LogP contribution in [0.1, 0.15) is 46.2 Å². The highest BCUT2D eigenvalue weighted by molar-refractivity contribution is 7.14. The van der Waals surface area contributed by atoms with E-state index in [1.54, 1.807) is 11.3 Å². The Morgan fingerprint density at radius 1 is 1.27 bits per heavy atom. The molecule has 1 amide bonds. The number of nitrogens with one attached hydrogen (secondary N) is 2. The molecule has 4 N–H and O–H groups in total. The average molecular weight is 369 g/mol. The summed E-state index contributed by atoms with van der Waals surface area (Å²) in [4.78, 5) is 18.9. The summed E-state index contributed by atoms with van der Waals surface area (Å²) < 4.78 is 0. The van der Waals surface area contributed by atoms with Gasteiger partial charge in [-0.15, -0.1) is 11.3 Å². The van der Waals surface area contributed by atoms with Gasteiger partial charge in [-0.3, -0.25) is 9.89 Å². The summed E-state index contributed by atoms with van der Waals surface area (Å²) >= 11 is 1.59. The van der Waals surface area contributed by atoms with Gasteiger partial charge in [0.2, 0.25) is 0 Å². The Morgan fingerprint density at radius 3 is 2.65 bits per heavy atom. The molecule has 0 bridgehead atoms. The zero-order chi connectivity index (χ0) is 18.5. The molecule has 0 saturated heterocycles. The maximum absolute atomic E-state index is 12.6. The fourth-order valence-corrected chi connectivity index (χ4v) is 3.98. The number of anilines is 1. The highest BCUT2D eigenvalue weighted by Crippen LogP contribution is 2.26. The van der Waals surface area contributed by atoms with Crippen molar-refractivity contribution in [1.82, 2.24) is 15.2 Å². The summed E-state index contributed by atoms with van der Waals surface area (Å²) in [5, 5.41) is 9.89. The normalized spacial score (nSPS) is 10.9. The van der Waals surface area contributed by atoms with E-state index in [0.29, 0.717) is 18.2 Å². The first-order valence-corrected chi connectivity index (χ1v) is 9.61. The Morgan fingerprint density at radius 2 is 2.04 bits per heavy atom. The highest BCUT2D eigenvalue weighted by Gasteiger charge is 2.14. The standard InChI is InChI=1S/C19H23N5OS/c1-3-5-15-12(4-2)10-16(26-15)19(25)21-14-8-6-13(7-9-14)18-22-17(11-20)23-24-18/h6-10H,3-5,11,20H2,1-2H3,(H,21,25)(H,22,23,24). The maximum atomic E-state index is 12.6. The first kappa shape index (κ1) is 18.3. The number of rotatable bonds is 7. The van der Waals surface area contributed by atoms with Crippen LogP contribution < -0.4 is 11.1 Å².